The number of rotatable bonds is 7. The van der Waals surface area contributed by atoms with Crippen LogP contribution in [0.2, 0.25) is 0 Å². The van der Waals surface area contributed by atoms with Crippen LogP contribution in [0.4, 0.5) is 5.00 Å². The minimum atomic E-state index is -0.618. The van der Waals surface area contributed by atoms with Crippen LogP contribution in [0.5, 0.6) is 0 Å². The normalized spacial score (nSPS) is 11.0. The molecule has 0 bridgehead atoms. The van der Waals surface area contributed by atoms with Gasteiger partial charge in [0.15, 0.2) is 12.4 Å². The van der Waals surface area contributed by atoms with Crippen LogP contribution in [0.15, 0.2) is 34.9 Å². The molecule has 0 saturated heterocycles. The summed E-state index contributed by atoms with van der Waals surface area (Å²) >= 11 is 1.06. The summed E-state index contributed by atoms with van der Waals surface area (Å²) in [5, 5.41) is 5.88. The topological polar surface area (TPSA) is 97.6 Å². The quantitative estimate of drug-likeness (QED) is 0.736. The number of hydrogen-bond donors (Lipinski definition) is 2. The highest BCUT2D eigenvalue weighted by molar-refractivity contribution is 7.18. The first kappa shape index (κ1) is 18.7. The molecule has 2 aromatic rings. The highest BCUT2D eigenvalue weighted by atomic mass is 32.1. The van der Waals surface area contributed by atoms with E-state index in [-0.39, 0.29) is 28.7 Å². The molecule has 0 saturated carbocycles. The summed E-state index contributed by atoms with van der Waals surface area (Å²) in [5.74, 6) is -1.21. The predicted octanol–water partition coefficient (Wildman–Crippen LogP) is 3.06. The van der Waals surface area contributed by atoms with Crippen LogP contribution in [0.25, 0.3) is 0 Å². The van der Waals surface area contributed by atoms with Crippen molar-refractivity contribution in [1.29, 1.82) is 0 Å². The van der Waals surface area contributed by atoms with Gasteiger partial charge >= 0.3 is 5.97 Å². The fourth-order valence-corrected chi connectivity index (χ4v) is 2.60. The Kier molecular flexibility index (Phi) is 5.97. The lowest BCUT2D eigenvalue weighted by Gasteiger charge is -2.24. The fourth-order valence-electron chi connectivity index (χ4n) is 1.80. The van der Waals surface area contributed by atoms with Gasteiger partial charge in [0.2, 0.25) is 0 Å². The summed E-state index contributed by atoms with van der Waals surface area (Å²) in [7, 11) is 0. The van der Waals surface area contributed by atoms with Crippen molar-refractivity contribution < 1.29 is 23.5 Å². The molecule has 0 fully saturated rings. The van der Waals surface area contributed by atoms with E-state index in [1.165, 1.54) is 18.4 Å². The van der Waals surface area contributed by atoms with E-state index in [0.717, 1.165) is 17.8 Å². The summed E-state index contributed by atoms with van der Waals surface area (Å²) in [6.07, 6.45) is 2.16. The van der Waals surface area contributed by atoms with E-state index < -0.39 is 11.9 Å². The van der Waals surface area contributed by atoms with Gasteiger partial charge in [0.1, 0.15) is 4.88 Å². The van der Waals surface area contributed by atoms with E-state index in [4.69, 9.17) is 9.15 Å². The van der Waals surface area contributed by atoms with Crippen LogP contribution in [0, 0.1) is 0 Å². The first-order valence-electron chi connectivity index (χ1n) is 7.73. The minimum Gasteiger partial charge on any atom is -0.459 e. The Morgan fingerprint density at radius 1 is 1.24 bits per heavy atom. The molecule has 0 radical (unpaired) electrons. The van der Waals surface area contributed by atoms with Crippen molar-refractivity contribution in [2.75, 3.05) is 11.9 Å². The summed E-state index contributed by atoms with van der Waals surface area (Å²) in [5.41, 5.74) is -0.351. The third kappa shape index (κ3) is 5.46. The number of anilines is 1. The van der Waals surface area contributed by atoms with Gasteiger partial charge in [-0.2, -0.15) is 0 Å². The van der Waals surface area contributed by atoms with Crippen molar-refractivity contribution in [3.63, 3.8) is 0 Å². The smallest absolute Gasteiger partial charge is 0.348 e. The third-order valence-electron chi connectivity index (χ3n) is 3.48. The second-order valence-corrected chi connectivity index (χ2v) is 7.04. The van der Waals surface area contributed by atoms with Crippen LogP contribution >= 0.6 is 11.3 Å². The Balaban J connectivity index is 1.86. The second-order valence-electron chi connectivity index (χ2n) is 5.96. The Bertz CT molecular complexity index is 749. The molecule has 0 spiro atoms. The minimum absolute atomic E-state index is 0.174. The largest absolute Gasteiger partial charge is 0.459 e. The number of carbonyl (C=O) groups excluding carboxylic acids is 3. The molecule has 8 heteroatoms. The summed E-state index contributed by atoms with van der Waals surface area (Å²) in [6, 6.07) is 6.26. The molecule has 2 heterocycles. The van der Waals surface area contributed by atoms with Crippen LogP contribution in [-0.4, -0.2) is 29.9 Å². The van der Waals surface area contributed by atoms with Gasteiger partial charge in [-0.1, -0.05) is 6.92 Å². The summed E-state index contributed by atoms with van der Waals surface area (Å²) < 4.78 is 9.99. The number of furan rings is 1. The van der Waals surface area contributed by atoms with Gasteiger partial charge in [-0.25, -0.2) is 4.79 Å². The molecule has 0 aliphatic rings. The SMILES string of the molecule is CCC(C)(C)NC(=O)COC(=O)c1ccc(NC(=O)c2ccco2)s1. The summed E-state index contributed by atoms with van der Waals surface area (Å²) in [6.45, 7) is 5.38. The Hall–Kier alpha value is -2.61. The van der Waals surface area contributed by atoms with E-state index in [9.17, 15) is 14.4 Å². The lowest BCUT2D eigenvalue weighted by atomic mass is 10.0. The third-order valence-corrected chi connectivity index (χ3v) is 4.47. The van der Waals surface area contributed by atoms with Crippen molar-refractivity contribution >= 4 is 34.1 Å². The zero-order valence-electron chi connectivity index (χ0n) is 14.3. The van der Waals surface area contributed by atoms with Crippen molar-refractivity contribution in [3.8, 4) is 0 Å². The van der Waals surface area contributed by atoms with Crippen molar-refractivity contribution in [2.45, 2.75) is 32.7 Å². The lowest BCUT2D eigenvalue weighted by Crippen LogP contribution is -2.44. The standard InChI is InChI=1S/C17H20N2O5S/c1-4-17(2,3)19-13(20)10-24-16(22)12-7-8-14(25-12)18-15(21)11-6-5-9-23-11/h5-9H,4,10H2,1-3H3,(H,18,21)(H,19,20). The lowest BCUT2D eigenvalue weighted by molar-refractivity contribution is -0.125. The van der Waals surface area contributed by atoms with Crippen molar-refractivity contribution in [3.05, 3.63) is 41.2 Å². The molecule has 0 atom stereocenters. The average Bonchev–Trinajstić information content (AvgIpc) is 3.23. The first-order valence-corrected chi connectivity index (χ1v) is 8.55. The molecule has 2 aromatic heterocycles. The second kappa shape index (κ2) is 7.98. The van der Waals surface area contributed by atoms with Gasteiger partial charge in [-0.05, 0) is 44.5 Å². The van der Waals surface area contributed by atoms with Gasteiger partial charge < -0.3 is 19.8 Å². The van der Waals surface area contributed by atoms with E-state index >= 15 is 0 Å². The van der Waals surface area contributed by atoms with E-state index in [1.807, 2.05) is 20.8 Å². The molecule has 0 aliphatic heterocycles. The highest BCUT2D eigenvalue weighted by Gasteiger charge is 2.20. The number of nitrogens with one attached hydrogen (secondary N) is 2. The van der Waals surface area contributed by atoms with Gasteiger partial charge in [-0.15, -0.1) is 11.3 Å². The molecule has 7 nitrogen and oxygen atoms in total. The number of amides is 2. The molecule has 2 amide bonds. The van der Waals surface area contributed by atoms with E-state index in [1.54, 1.807) is 12.1 Å². The maximum atomic E-state index is 12.0. The van der Waals surface area contributed by atoms with E-state index in [0.29, 0.717) is 5.00 Å². The van der Waals surface area contributed by atoms with Crippen LogP contribution in [0.1, 0.15) is 47.4 Å². The summed E-state index contributed by atoms with van der Waals surface area (Å²) in [4.78, 5) is 35.9. The number of carbonyl (C=O) groups is 3. The highest BCUT2D eigenvalue weighted by Crippen LogP contribution is 2.23. The van der Waals surface area contributed by atoms with Crippen LogP contribution < -0.4 is 10.6 Å². The monoisotopic (exact) mass is 364 g/mol. The zero-order valence-corrected chi connectivity index (χ0v) is 15.1. The zero-order chi connectivity index (χ0) is 18.4. The number of thiophene rings is 1. The first-order chi connectivity index (χ1) is 11.8. The molecule has 25 heavy (non-hydrogen) atoms. The average molecular weight is 364 g/mol. The molecular weight excluding hydrogens is 344 g/mol. The van der Waals surface area contributed by atoms with Gasteiger partial charge in [-0.3, -0.25) is 9.59 Å². The maximum Gasteiger partial charge on any atom is 0.348 e. The Morgan fingerprint density at radius 3 is 2.64 bits per heavy atom. The molecule has 2 N–H and O–H groups in total. The Morgan fingerprint density at radius 2 is 2.00 bits per heavy atom. The van der Waals surface area contributed by atoms with E-state index in [2.05, 4.69) is 10.6 Å². The number of esters is 1. The number of hydrogen-bond acceptors (Lipinski definition) is 6. The molecule has 2 rings (SSSR count). The Labute approximate surface area is 149 Å². The maximum absolute atomic E-state index is 12.0. The van der Waals surface area contributed by atoms with Crippen LogP contribution in [0.3, 0.4) is 0 Å². The van der Waals surface area contributed by atoms with Crippen LogP contribution in [-0.2, 0) is 9.53 Å². The van der Waals surface area contributed by atoms with Crippen molar-refractivity contribution in [2.24, 2.45) is 0 Å². The van der Waals surface area contributed by atoms with Gasteiger partial charge in [0, 0.05) is 5.54 Å². The molecule has 0 aromatic carbocycles. The van der Waals surface area contributed by atoms with Gasteiger partial charge in [0.05, 0.1) is 11.3 Å². The fraction of sp³-hybridized carbons (Fsp3) is 0.353. The molecule has 0 aliphatic carbocycles. The van der Waals surface area contributed by atoms with Crippen molar-refractivity contribution in [1.82, 2.24) is 5.32 Å². The number of ether oxygens (including phenoxy) is 1. The molecule has 134 valence electrons. The molecular formula is C17H20N2O5S. The predicted molar refractivity (Wildman–Crippen MR) is 93.8 cm³/mol. The molecule has 0 unspecified atom stereocenters. The van der Waals surface area contributed by atoms with Gasteiger partial charge in [0.25, 0.3) is 11.8 Å².